The lowest BCUT2D eigenvalue weighted by atomic mass is 9.32. The Bertz CT molecular complexity index is 1340. The molecule has 0 unspecified atom stereocenters. The summed E-state index contributed by atoms with van der Waals surface area (Å²) in [5.41, 5.74) is 0.652. The van der Waals surface area contributed by atoms with Gasteiger partial charge in [0.1, 0.15) is 6.10 Å². The minimum absolute atomic E-state index is 0.0144. The van der Waals surface area contributed by atoms with E-state index in [1.165, 1.54) is 57.8 Å². The highest BCUT2D eigenvalue weighted by Gasteiger charge is 2.73. The van der Waals surface area contributed by atoms with Crippen LogP contribution in [-0.2, 0) is 19.1 Å². The van der Waals surface area contributed by atoms with Crippen LogP contribution < -0.4 is 5.32 Å². The largest absolute Gasteiger partial charge is 0.462 e. The normalized spacial score (nSPS) is 45.6. The summed E-state index contributed by atoms with van der Waals surface area (Å²) in [4.78, 5) is 29.8. The van der Waals surface area contributed by atoms with Gasteiger partial charge in [-0.1, -0.05) is 54.9 Å². The molecule has 6 aliphatic carbocycles. The summed E-state index contributed by atoms with van der Waals surface area (Å²) in [6, 6.07) is 0. The molecule has 0 radical (unpaired) electrons. The minimum Gasteiger partial charge on any atom is -0.462 e. The van der Waals surface area contributed by atoms with E-state index >= 15 is 4.79 Å². The van der Waals surface area contributed by atoms with Crippen molar-refractivity contribution < 1.29 is 19.1 Å². The minimum atomic E-state index is -0.272. The number of carbonyl (C=O) groups excluding carboxylic acids is 2. The molecule has 0 aromatic heterocycles. The number of carbonyl (C=O) groups is 2. The van der Waals surface area contributed by atoms with Crippen molar-refractivity contribution in [1.82, 2.24) is 10.2 Å². The Kier molecular flexibility index (Phi) is 9.71. The second-order valence-electron chi connectivity index (χ2n) is 21.8. The molecule has 1 aliphatic heterocycles. The fourth-order valence-corrected chi connectivity index (χ4v) is 15.2. The second-order valence-corrected chi connectivity index (χ2v) is 21.8. The summed E-state index contributed by atoms with van der Waals surface area (Å²) < 4.78 is 12.2. The van der Waals surface area contributed by atoms with Crippen LogP contribution in [0, 0.1) is 62.1 Å². The molecule has 1 saturated heterocycles. The van der Waals surface area contributed by atoms with Gasteiger partial charge in [0, 0.05) is 44.1 Å². The Labute approximate surface area is 312 Å². The number of esters is 1. The van der Waals surface area contributed by atoms with Gasteiger partial charge < -0.3 is 14.8 Å². The number of amides is 1. The molecule has 0 aromatic rings. The summed E-state index contributed by atoms with van der Waals surface area (Å²) in [5.74, 6) is 3.26. The average molecular weight is 709 g/mol. The number of rotatable bonds is 10. The summed E-state index contributed by atoms with van der Waals surface area (Å²) >= 11 is 0. The van der Waals surface area contributed by atoms with Crippen molar-refractivity contribution >= 4 is 11.9 Å². The summed E-state index contributed by atoms with van der Waals surface area (Å²) in [6.45, 7) is 27.6. The van der Waals surface area contributed by atoms with Crippen molar-refractivity contribution in [2.45, 2.75) is 183 Å². The van der Waals surface area contributed by atoms with Crippen LogP contribution in [0.1, 0.15) is 166 Å². The molecule has 1 heterocycles. The van der Waals surface area contributed by atoms with Gasteiger partial charge in [0.25, 0.3) is 0 Å². The molecule has 6 heteroatoms. The van der Waals surface area contributed by atoms with Gasteiger partial charge in [-0.3, -0.25) is 14.5 Å². The molecule has 0 spiro atoms. The summed E-state index contributed by atoms with van der Waals surface area (Å²) in [5, 5.41) is 3.76. The zero-order chi connectivity index (χ0) is 36.8. The Balaban J connectivity index is 1.13. The molecule has 51 heavy (non-hydrogen) atoms. The van der Waals surface area contributed by atoms with E-state index in [9.17, 15) is 4.79 Å². The lowest BCUT2D eigenvalue weighted by molar-refractivity contribution is -0.250. The number of nitrogens with zero attached hydrogens (tertiary/aromatic N) is 1. The van der Waals surface area contributed by atoms with Gasteiger partial charge in [0.2, 0.25) is 5.91 Å². The Morgan fingerprint density at radius 1 is 0.804 bits per heavy atom. The smallest absolute Gasteiger partial charge is 0.302 e. The van der Waals surface area contributed by atoms with Gasteiger partial charge in [-0.15, -0.1) is 0 Å². The fraction of sp³-hybridized carbons (Fsp3) is 0.956. The molecule has 7 aliphatic rings. The topological polar surface area (TPSA) is 67.9 Å². The maximum absolute atomic E-state index is 15.1. The van der Waals surface area contributed by atoms with E-state index in [0.29, 0.717) is 47.0 Å². The zero-order valence-corrected chi connectivity index (χ0v) is 34.6. The first kappa shape index (κ1) is 38.1. The predicted octanol–water partition coefficient (Wildman–Crippen LogP) is 9.59. The van der Waals surface area contributed by atoms with Crippen molar-refractivity contribution in [3.63, 3.8) is 0 Å². The second kappa shape index (κ2) is 13.0. The van der Waals surface area contributed by atoms with E-state index < -0.39 is 0 Å². The van der Waals surface area contributed by atoms with Crippen molar-refractivity contribution in [1.29, 1.82) is 0 Å². The van der Waals surface area contributed by atoms with Gasteiger partial charge >= 0.3 is 5.97 Å². The maximum atomic E-state index is 15.1. The Hall–Kier alpha value is -1.14. The number of nitrogens with one attached hydrogen (secondary N) is 1. The number of likely N-dealkylation sites (tertiary alicyclic amines) is 1. The number of hydrogen-bond acceptors (Lipinski definition) is 5. The van der Waals surface area contributed by atoms with E-state index in [2.05, 4.69) is 72.5 Å². The van der Waals surface area contributed by atoms with Crippen LogP contribution in [0.15, 0.2) is 0 Å². The highest BCUT2D eigenvalue weighted by atomic mass is 16.5. The Morgan fingerprint density at radius 3 is 2.24 bits per heavy atom. The Morgan fingerprint density at radius 2 is 1.55 bits per heavy atom. The fourth-order valence-electron chi connectivity index (χ4n) is 15.2. The molecular weight excluding hydrogens is 633 g/mol. The summed E-state index contributed by atoms with van der Waals surface area (Å²) in [6.07, 6.45) is 18.2. The maximum Gasteiger partial charge on any atom is 0.302 e. The number of hydrogen-bond donors (Lipinski definition) is 1. The van der Waals surface area contributed by atoms with E-state index in [0.717, 1.165) is 64.8 Å². The quantitative estimate of drug-likeness (QED) is 0.181. The van der Waals surface area contributed by atoms with E-state index in [1.807, 2.05) is 0 Å². The van der Waals surface area contributed by atoms with E-state index in [1.54, 1.807) is 6.92 Å². The standard InChI is InChI=1S/C45H76N2O4/c1-11-12-27-50-31-18-26-47(28-31)29-39(3,4)46-38(49)45-21-15-32(41(7)22-23-41)37(45)33-13-14-35-42(8)19-17-36(51-30(2)48)40(5,6)34(42)16-20-44(35,10)43(33,9)24-25-45/h31-37H,11-29H2,1-10H3,(H,46,49)/t31-,32-,33-,34+,35-,36+,37-,42+,43-,44-,45+/m1/s1. The van der Waals surface area contributed by atoms with Crippen LogP contribution in [0.25, 0.3) is 0 Å². The first-order valence-corrected chi connectivity index (χ1v) is 21.7. The van der Waals surface area contributed by atoms with Gasteiger partial charge in [-0.05, 0) is 155 Å². The van der Waals surface area contributed by atoms with E-state index in [4.69, 9.17) is 9.47 Å². The first-order valence-electron chi connectivity index (χ1n) is 21.7. The number of fused-ring (bicyclic) bond motifs is 7. The van der Waals surface area contributed by atoms with Crippen LogP contribution in [0.3, 0.4) is 0 Å². The molecule has 1 amide bonds. The first-order chi connectivity index (χ1) is 23.9. The third-order valence-electron chi connectivity index (χ3n) is 18.2. The van der Waals surface area contributed by atoms with Crippen molar-refractivity contribution in [2.24, 2.45) is 62.1 Å². The van der Waals surface area contributed by atoms with Crippen molar-refractivity contribution in [3.05, 3.63) is 0 Å². The van der Waals surface area contributed by atoms with E-state index in [-0.39, 0.29) is 44.7 Å². The molecular formula is C45H76N2O4. The van der Waals surface area contributed by atoms with Gasteiger partial charge in [-0.2, -0.15) is 0 Å². The third kappa shape index (κ3) is 6.08. The van der Waals surface area contributed by atoms with Crippen LogP contribution in [-0.4, -0.2) is 60.8 Å². The highest BCUT2D eigenvalue weighted by molar-refractivity contribution is 5.84. The molecule has 1 N–H and O–H groups in total. The predicted molar refractivity (Wildman–Crippen MR) is 205 cm³/mol. The SMILES string of the molecule is CCCCO[C@@H]1CCN(CC(C)(C)NC(=O)[C@]23CC[C@@H](C4(C)CC4)[C@@H]2[C@H]2CC[C@@H]4[C@@]5(C)CC[C@H](OC(C)=O)C(C)(C)[C@@H]5CC[C@@]4(C)[C@]2(C)CC3)C1. The van der Waals surface area contributed by atoms with Gasteiger partial charge in [0.05, 0.1) is 11.5 Å². The highest BCUT2D eigenvalue weighted by Crippen LogP contribution is 2.79. The lowest BCUT2D eigenvalue weighted by Gasteiger charge is -2.73. The molecule has 7 rings (SSSR count). The van der Waals surface area contributed by atoms with Gasteiger partial charge in [0.15, 0.2) is 0 Å². The molecule has 290 valence electrons. The van der Waals surface area contributed by atoms with Gasteiger partial charge in [-0.25, -0.2) is 0 Å². The lowest BCUT2D eigenvalue weighted by Crippen LogP contribution is -2.68. The number of unbranched alkanes of at least 4 members (excludes halogenated alkanes) is 1. The van der Waals surface area contributed by atoms with Crippen LogP contribution in [0.5, 0.6) is 0 Å². The molecule has 7 fully saturated rings. The van der Waals surface area contributed by atoms with Crippen LogP contribution in [0.2, 0.25) is 0 Å². The molecule has 0 aromatic carbocycles. The summed E-state index contributed by atoms with van der Waals surface area (Å²) in [7, 11) is 0. The monoisotopic (exact) mass is 709 g/mol. The van der Waals surface area contributed by atoms with Crippen LogP contribution in [0.4, 0.5) is 0 Å². The molecule has 11 atom stereocenters. The number of ether oxygens (including phenoxy) is 2. The average Bonchev–Trinajstić information content (AvgIpc) is 3.43. The van der Waals surface area contributed by atoms with Crippen molar-refractivity contribution in [2.75, 3.05) is 26.2 Å². The van der Waals surface area contributed by atoms with Crippen LogP contribution >= 0.6 is 0 Å². The van der Waals surface area contributed by atoms with Crippen molar-refractivity contribution in [3.8, 4) is 0 Å². The molecule has 6 nitrogen and oxygen atoms in total. The third-order valence-corrected chi connectivity index (χ3v) is 18.2. The molecule has 0 bridgehead atoms. The molecule has 6 saturated carbocycles. The zero-order valence-electron chi connectivity index (χ0n) is 34.6.